The molecule has 0 saturated heterocycles. The predicted molar refractivity (Wildman–Crippen MR) is 114 cm³/mol. The van der Waals surface area contributed by atoms with E-state index in [0.29, 0.717) is 17.4 Å². The van der Waals surface area contributed by atoms with E-state index in [2.05, 4.69) is 10.4 Å². The zero-order valence-electron chi connectivity index (χ0n) is 16.6. The molecule has 6 heteroatoms. The zero-order valence-corrected chi connectivity index (χ0v) is 16.6. The van der Waals surface area contributed by atoms with Crippen molar-refractivity contribution in [1.29, 1.82) is 0 Å². The summed E-state index contributed by atoms with van der Waals surface area (Å²) in [4.78, 5) is 12.5. The molecule has 0 spiro atoms. The highest BCUT2D eigenvalue weighted by Crippen LogP contribution is 2.25. The molecule has 1 aliphatic carbocycles. The van der Waals surface area contributed by atoms with Gasteiger partial charge < -0.3 is 15.8 Å². The van der Waals surface area contributed by atoms with Crippen molar-refractivity contribution < 1.29 is 9.53 Å². The molecule has 1 aromatic heterocycles. The van der Waals surface area contributed by atoms with Crippen LogP contribution in [-0.4, -0.2) is 28.8 Å². The Labute approximate surface area is 170 Å². The molecule has 0 bridgehead atoms. The number of carbonyl (C=O) groups is 1. The van der Waals surface area contributed by atoms with Gasteiger partial charge in [-0.3, -0.25) is 4.79 Å². The molecule has 0 atom stereocenters. The van der Waals surface area contributed by atoms with Crippen LogP contribution in [0.3, 0.4) is 0 Å². The van der Waals surface area contributed by atoms with Gasteiger partial charge in [0.1, 0.15) is 11.6 Å². The van der Waals surface area contributed by atoms with Gasteiger partial charge in [0.2, 0.25) is 0 Å². The van der Waals surface area contributed by atoms with Crippen LogP contribution in [-0.2, 0) is 0 Å². The first-order chi connectivity index (χ1) is 14.1. The smallest absolute Gasteiger partial charge is 0.251 e. The number of nitrogen functional groups attached to an aromatic ring is 1. The monoisotopic (exact) mass is 390 g/mol. The topological polar surface area (TPSA) is 82.2 Å². The molecule has 1 amide bonds. The summed E-state index contributed by atoms with van der Waals surface area (Å²) in [5, 5.41) is 7.77. The number of hydrogen-bond acceptors (Lipinski definition) is 4. The van der Waals surface area contributed by atoms with E-state index < -0.39 is 0 Å². The number of benzene rings is 2. The molecule has 1 fully saturated rings. The minimum atomic E-state index is -0.0178. The number of methoxy groups -OCH3 is 1. The lowest BCUT2D eigenvalue weighted by atomic mass is 9.95. The highest BCUT2D eigenvalue weighted by atomic mass is 16.5. The summed E-state index contributed by atoms with van der Waals surface area (Å²) in [6.45, 7) is 0. The molecule has 1 aliphatic rings. The Balaban J connectivity index is 1.49. The second-order valence-electron chi connectivity index (χ2n) is 7.45. The molecule has 4 rings (SSSR count). The second kappa shape index (κ2) is 8.39. The van der Waals surface area contributed by atoms with Crippen LogP contribution in [0.25, 0.3) is 16.9 Å². The fourth-order valence-corrected chi connectivity index (χ4v) is 3.77. The summed E-state index contributed by atoms with van der Waals surface area (Å²) < 4.78 is 6.88. The Hall–Kier alpha value is -3.28. The van der Waals surface area contributed by atoms with E-state index in [0.717, 1.165) is 35.5 Å². The first-order valence-corrected chi connectivity index (χ1v) is 10.1. The van der Waals surface area contributed by atoms with Crippen LogP contribution < -0.4 is 15.8 Å². The number of rotatable bonds is 5. The van der Waals surface area contributed by atoms with Gasteiger partial charge in [-0.1, -0.05) is 19.3 Å². The number of aromatic nitrogens is 2. The van der Waals surface area contributed by atoms with E-state index in [-0.39, 0.29) is 5.91 Å². The van der Waals surface area contributed by atoms with Crippen molar-refractivity contribution >= 4 is 11.7 Å². The van der Waals surface area contributed by atoms with Gasteiger partial charge in [0.15, 0.2) is 0 Å². The predicted octanol–water partition coefficient (Wildman–Crippen LogP) is 4.19. The van der Waals surface area contributed by atoms with E-state index in [1.807, 2.05) is 54.6 Å². The molecule has 6 nitrogen and oxygen atoms in total. The van der Waals surface area contributed by atoms with Gasteiger partial charge in [0, 0.05) is 23.2 Å². The summed E-state index contributed by atoms with van der Waals surface area (Å²) in [6, 6.07) is 17.2. The van der Waals surface area contributed by atoms with Crippen molar-refractivity contribution in [2.45, 2.75) is 38.1 Å². The molecule has 0 aliphatic heterocycles. The largest absolute Gasteiger partial charge is 0.497 e. The Kier molecular flexibility index (Phi) is 5.51. The highest BCUT2D eigenvalue weighted by molar-refractivity contribution is 5.94. The maximum absolute atomic E-state index is 12.5. The number of nitrogens with two attached hydrogens (primary N) is 1. The number of nitrogens with zero attached hydrogens (tertiary/aromatic N) is 2. The van der Waals surface area contributed by atoms with E-state index in [4.69, 9.17) is 10.5 Å². The Morgan fingerprint density at radius 3 is 2.41 bits per heavy atom. The standard InChI is InChI=1S/C23H26N4O2/c1-29-20-13-9-16(10-14-20)21-15-22(24)27(26-21)19-11-7-17(8-12-19)23(28)25-18-5-3-2-4-6-18/h7-15,18H,2-6,24H2,1H3,(H,25,28). The molecular formula is C23H26N4O2. The van der Waals surface area contributed by atoms with Crippen LogP contribution in [0.5, 0.6) is 5.75 Å². The first kappa shape index (κ1) is 19.1. The average Bonchev–Trinajstić information content (AvgIpc) is 3.16. The van der Waals surface area contributed by atoms with Crippen molar-refractivity contribution in [3.05, 3.63) is 60.2 Å². The van der Waals surface area contributed by atoms with Gasteiger partial charge in [-0.25, -0.2) is 4.68 Å². The normalized spacial score (nSPS) is 14.5. The van der Waals surface area contributed by atoms with Gasteiger partial charge in [-0.2, -0.15) is 5.10 Å². The van der Waals surface area contributed by atoms with Crippen LogP contribution in [0.1, 0.15) is 42.5 Å². The molecule has 1 heterocycles. The number of hydrogen-bond donors (Lipinski definition) is 2. The third-order valence-electron chi connectivity index (χ3n) is 5.44. The Morgan fingerprint density at radius 1 is 1.07 bits per heavy atom. The lowest BCUT2D eigenvalue weighted by molar-refractivity contribution is 0.0927. The Morgan fingerprint density at radius 2 is 1.76 bits per heavy atom. The molecule has 1 saturated carbocycles. The summed E-state index contributed by atoms with van der Waals surface area (Å²) in [5.74, 6) is 1.31. The van der Waals surface area contributed by atoms with E-state index in [9.17, 15) is 4.79 Å². The zero-order chi connectivity index (χ0) is 20.2. The first-order valence-electron chi connectivity index (χ1n) is 10.1. The fourth-order valence-electron chi connectivity index (χ4n) is 3.77. The van der Waals surface area contributed by atoms with E-state index in [1.165, 1.54) is 19.3 Å². The quantitative estimate of drug-likeness (QED) is 0.684. The van der Waals surface area contributed by atoms with Crippen LogP contribution in [0.15, 0.2) is 54.6 Å². The van der Waals surface area contributed by atoms with Crippen molar-refractivity contribution in [2.75, 3.05) is 12.8 Å². The Bertz CT molecular complexity index is 971. The minimum Gasteiger partial charge on any atom is -0.497 e. The summed E-state index contributed by atoms with van der Waals surface area (Å²) in [5.41, 5.74) is 9.39. The lowest BCUT2D eigenvalue weighted by Gasteiger charge is -2.22. The SMILES string of the molecule is COc1ccc(-c2cc(N)n(-c3ccc(C(=O)NC4CCCCC4)cc3)n2)cc1. The number of anilines is 1. The van der Waals surface area contributed by atoms with Crippen LogP contribution >= 0.6 is 0 Å². The number of amides is 1. The van der Waals surface area contributed by atoms with Crippen molar-refractivity contribution in [2.24, 2.45) is 0 Å². The summed E-state index contributed by atoms with van der Waals surface area (Å²) in [6.07, 6.45) is 5.80. The highest BCUT2D eigenvalue weighted by Gasteiger charge is 2.17. The average molecular weight is 390 g/mol. The maximum Gasteiger partial charge on any atom is 0.251 e. The van der Waals surface area contributed by atoms with Gasteiger partial charge >= 0.3 is 0 Å². The van der Waals surface area contributed by atoms with Gasteiger partial charge in [0.25, 0.3) is 5.91 Å². The maximum atomic E-state index is 12.5. The molecule has 0 unspecified atom stereocenters. The molecule has 3 aromatic rings. The van der Waals surface area contributed by atoms with Crippen molar-refractivity contribution in [1.82, 2.24) is 15.1 Å². The fraction of sp³-hybridized carbons (Fsp3) is 0.304. The number of carbonyl (C=O) groups excluding carboxylic acids is 1. The molecule has 150 valence electrons. The van der Waals surface area contributed by atoms with E-state index >= 15 is 0 Å². The third-order valence-corrected chi connectivity index (χ3v) is 5.44. The summed E-state index contributed by atoms with van der Waals surface area (Å²) in [7, 11) is 1.64. The molecular weight excluding hydrogens is 364 g/mol. The van der Waals surface area contributed by atoms with Crippen LogP contribution in [0, 0.1) is 0 Å². The van der Waals surface area contributed by atoms with Gasteiger partial charge in [-0.05, 0) is 61.4 Å². The van der Waals surface area contributed by atoms with E-state index in [1.54, 1.807) is 11.8 Å². The summed E-state index contributed by atoms with van der Waals surface area (Å²) >= 11 is 0. The molecule has 2 aromatic carbocycles. The second-order valence-corrected chi connectivity index (χ2v) is 7.45. The minimum absolute atomic E-state index is 0.0178. The van der Waals surface area contributed by atoms with Crippen LogP contribution in [0.2, 0.25) is 0 Å². The molecule has 0 radical (unpaired) electrons. The lowest BCUT2D eigenvalue weighted by Crippen LogP contribution is -2.36. The molecule has 29 heavy (non-hydrogen) atoms. The molecule has 3 N–H and O–H groups in total. The number of ether oxygens (including phenoxy) is 1. The number of nitrogens with one attached hydrogen (secondary N) is 1. The third kappa shape index (κ3) is 4.26. The van der Waals surface area contributed by atoms with Gasteiger partial charge in [0.05, 0.1) is 18.5 Å². The van der Waals surface area contributed by atoms with Crippen molar-refractivity contribution in [3.8, 4) is 22.7 Å². The van der Waals surface area contributed by atoms with Crippen LogP contribution in [0.4, 0.5) is 5.82 Å². The van der Waals surface area contributed by atoms with Crippen molar-refractivity contribution in [3.63, 3.8) is 0 Å². The van der Waals surface area contributed by atoms with Gasteiger partial charge in [-0.15, -0.1) is 0 Å².